The predicted molar refractivity (Wildman–Crippen MR) is 241 cm³/mol. The lowest BCUT2D eigenvalue weighted by molar-refractivity contribution is 0.215. The van der Waals surface area contributed by atoms with Gasteiger partial charge in [0.25, 0.3) is 0 Å². The monoisotopic (exact) mass is 762 g/mol. The minimum absolute atomic E-state index is 0.0960. The number of hydrogen-bond acceptors (Lipinski definition) is 2. The lowest BCUT2D eigenvalue weighted by atomic mass is 9.60. The minimum atomic E-state index is -0.453. The van der Waals surface area contributed by atoms with Gasteiger partial charge in [0, 0.05) is 44.0 Å². The molecule has 5 atom stereocenters. The first kappa shape index (κ1) is 33.0. The fourth-order valence-electron chi connectivity index (χ4n) is 11.8. The second-order valence-electron chi connectivity index (χ2n) is 17.7. The van der Waals surface area contributed by atoms with Gasteiger partial charge in [0.2, 0.25) is 0 Å². The summed E-state index contributed by atoms with van der Waals surface area (Å²) in [4.78, 5) is 4.13. The summed E-state index contributed by atoms with van der Waals surface area (Å²) in [5.41, 5.74) is 17.3. The third-order valence-electron chi connectivity index (χ3n) is 14.4. The van der Waals surface area contributed by atoms with Gasteiger partial charge in [-0.3, -0.25) is 0 Å². The Balaban J connectivity index is 1.06. The van der Waals surface area contributed by atoms with E-state index in [4.69, 9.17) is 0 Å². The highest BCUT2D eigenvalue weighted by Gasteiger charge is 2.56. The SMILES string of the molecule is CC1(CN2C(c3ccccc3)=CC2c2ccccc2)C=CC2=C(C1)C1(c3ccccc32)c2ccccc2-n2c3ccccc3c3c4c(cc1c32)C1(C)C=CC=CC1S4. The number of para-hydroxylation sites is 2. The van der Waals surface area contributed by atoms with E-state index in [-0.39, 0.29) is 16.9 Å². The Labute approximate surface area is 344 Å². The Morgan fingerprint density at radius 1 is 0.707 bits per heavy atom. The van der Waals surface area contributed by atoms with Crippen LogP contribution in [0.4, 0.5) is 0 Å². The Morgan fingerprint density at radius 2 is 1.45 bits per heavy atom. The van der Waals surface area contributed by atoms with Crippen LogP contribution in [0, 0.1) is 5.41 Å². The zero-order valence-corrected chi connectivity index (χ0v) is 33.5. The summed E-state index contributed by atoms with van der Waals surface area (Å²) in [6, 6.07) is 52.9. The van der Waals surface area contributed by atoms with Crippen molar-refractivity contribution in [2.45, 2.75) is 47.3 Å². The van der Waals surface area contributed by atoms with E-state index in [0.717, 1.165) is 13.0 Å². The summed E-state index contributed by atoms with van der Waals surface area (Å²) in [6.07, 6.45) is 17.9. The van der Waals surface area contributed by atoms with Gasteiger partial charge in [-0.05, 0) is 74.7 Å². The number of thioether (sulfide) groups is 1. The Kier molecular flexibility index (Phi) is 6.57. The van der Waals surface area contributed by atoms with Crippen LogP contribution < -0.4 is 0 Å². The van der Waals surface area contributed by atoms with Crippen molar-refractivity contribution in [3.05, 3.63) is 227 Å². The van der Waals surface area contributed by atoms with Crippen LogP contribution in [0.25, 0.3) is 38.8 Å². The predicted octanol–water partition coefficient (Wildman–Crippen LogP) is 13.1. The zero-order chi connectivity index (χ0) is 38.4. The molecular weight excluding hydrogens is 721 g/mol. The quantitative estimate of drug-likeness (QED) is 0.176. The van der Waals surface area contributed by atoms with Crippen LogP contribution in [-0.4, -0.2) is 21.3 Å². The average molecular weight is 763 g/mol. The molecule has 4 heterocycles. The van der Waals surface area contributed by atoms with Crippen LogP contribution in [0.5, 0.6) is 0 Å². The van der Waals surface area contributed by atoms with Gasteiger partial charge in [-0.15, -0.1) is 11.8 Å². The molecule has 7 aromatic rings. The molecule has 0 bridgehead atoms. The number of hydrogen-bond donors (Lipinski definition) is 0. The van der Waals surface area contributed by atoms with Crippen LogP contribution >= 0.6 is 11.8 Å². The maximum atomic E-state index is 2.68. The topological polar surface area (TPSA) is 8.17 Å². The molecule has 1 spiro atoms. The van der Waals surface area contributed by atoms with Crippen LogP contribution in [0.3, 0.4) is 0 Å². The Bertz CT molecular complexity index is 3090. The molecule has 58 heavy (non-hydrogen) atoms. The van der Waals surface area contributed by atoms with Gasteiger partial charge in [0.15, 0.2) is 0 Å². The van der Waals surface area contributed by atoms with Gasteiger partial charge in [-0.2, -0.15) is 0 Å². The van der Waals surface area contributed by atoms with E-state index in [2.05, 4.69) is 217 Å². The largest absolute Gasteiger partial charge is 0.360 e. The lowest BCUT2D eigenvalue weighted by Gasteiger charge is -2.49. The fraction of sp³-hybridized carbons (Fsp3) is 0.164. The number of nitrogens with zero attached hydrogens (tertiary/aromatic N) is 2. The molecule has 6 aliphatic rings. The van der Waals surface area contributed by atoms with E-state index >= 15 is 0 Å². The van der Waals surface area contributed by atoms with E-state index in [1.165, 1.54) is 88.2 Å². The molecule has 2 nitrogen and oxygen atoms in total. The van der Waals surface area contributed by atoms with Gasteiger partial charge in [-0.25, -0.2) is 0 Å². The van der Waals surface area contributed by atoms with Crippen molar-refractivity contribution in [1.82, 2.24) is 9.47 Å². The highest BCUT2D eigenvalue weighted by atomic mass is 32.2. The second-order valence-corrected chi connectivity index (χ2v) is 18.9. The van der Waals surface area contributed by atoms with Crippen molar-refractivity contribution in [3.63, 3.8) is 0 Å². The summed E-state index contributed by atoms with van der Waals surface area (Å²) >= 11 is 2.07. The maximum absolute atomic E-state index is 2.68. The summed E-state index contributed by atoms with van der Waals surface area (Å²) in [7, 11) is 0. The van der Waals surface area contributed by atoms with Gasteiger partial charge < -0.3 is 9.47 Å². The first-order chi connectivity index (χ1) is 28.5. The second kappa shape index (κ2) is 11.6. The molecule has 0 radical (unpaired) electrons. The number of aromatic nitrogens is 1. The van der Waals surface area contributed by atoms with Crippen molar-refractivity contribution < 1.29 is 0 Å². The van der Waals surface area contributed by atoms with Gasteiger partial charge >= 0.3 is 0 Å². The van der Waals surface area contributed by atoms with Crippen molar-refractivity contribution in [3.8, 4) is 5.69 Å². The van der Waals surface area contributed by atoms with E-state index in [0.29, 0.717) is 5.25 Å². The molecule has 0 fully saturated rings. The molecule has 278 valence electrons. The van der Waals surface area contributed by atoms with Crippen molar-refractivity contribution in [2.75, 3.05) is 6.54 Å². The van der Waals surface area contributed by atoms with Gasteiger partial charge in [0.05, 0.1) is 28.2 Å². The number of rotatable bonds is 4. The first-order valence-corrected chi connectivity index (χ1v) is 21.7. The standard InChI is InChI=1S/C55H42N2S/c1-53(34-56-47(35-17-5-3-6-18-35)32-48(56)36-19-7-4-8-20-36)30-28-38-37-21-9-11-23-40(37)55(44(38)33-53)41-24-12-14-26-46(41)57-45-25-13-10-22-39(45)50-51(57)42(55)31-43-52(50)58-49-27-15-16-29-54(43,49)2/h3-32,47,49H,33-34H2,1-2H3. The highest BCUT2D eigenvalue weighted by Crippen LogP contribution is 2.66. The lowest BCUT2D eigenvalue weighted by Crippen LogP contribution is -2.43. The van der Waals surface area contributed by atoms with E-state index in [1.807, 2.05) is 0 Å². The molecule has 0 amide bonds. The van der Waals surface area contributed by atoms with Crippen molar-refractivity contribution in [1.29, 1.82) is 0 Å². The first-order valence-electron chi connectivity index (χ1n) is 20.8. The molecule has 3 heteroatoms. The summed E-state index contributed by atoms with van der Waals surface area (Å²) in [6.45, 7) is 5.90. The molecule has 0 saturated carbocycles. The number of fused-ring (bicyclic) bond motifs is 15. The highest BCUT2D eigenvalue weighted by molar-refractivity contribution is 8.00. The Hall–Kier alpha value is -6.03. The molecule has 13 rings (SSSR count). The van der Waals surface area contributed by atoms with Gasteiger partial charge in [-0.1, -0.05) is 178 Å². The van der Waals surface area contributed by atoms with Crippen LogP contribution in [0.15, 0.2) is 193 Å². The van der Waals surface area contributed by atoms with Crippen LogP contribution in [-0.2, 0) is 10.8 Å². The summed E-state index contributed by atoms with van der Waals surface area (Å²) in [5.74, 6) is 0. The molecule has 3 aliphatic carbocycles. The number of benzene rings is 6. The van der Waals surface area contributed by atoms with Crippen molar-refractivity contribution >= 4 is 44.8 Å². The zero-order valence-electron chi connectivity index (χ0n) is 32.7. The van der Waals surface area contributed by atoms with Crippen LogP contribution in [0.1, 0.15) is 65.3 Å². The summed E-state index contributed by atoms with van der Waals surface area (Å²) < 4.78 is 2.62. The maximum Gasteiger partial charge on any atom is 0.0750 e. The summed E-state index contributed by atoms with van der Waals surface area (Å²) in [5, 5.41) is 3.13. The van der Waals surface area contributed by atoms with Gasteiger partial charge in [0.1, 0.15) is 0 Å². The normalized spacial score (nSPS) is 26.7. The minimum Gasteiger partial charge on any atom is -0.360 e. The molecule has 5 unspecified atom stereocenters. The molecule has 1 aromatic heterocycles. The number of allylic oxidation sites excluding steroid dienone is 6. The molecule has 6 aromatic carbocycles. The third kappa shape index (κ3) is 4.10. The fourth-order valence-corrected chi connectivity index (χ4v) is 13.4. The van der Waals surface area contributed by atoms with E-state index < -0.39 is 5.41 Å². The van der Waals surface area contributed by atoms with Crippen LogP contribution in [0.2, 0.25) is 0 Å². The third-order valence-corrected chi connectivity index (χ3v) is 16.0. The smallest absolute Gasteiger partial charge is 0.0750 e. The molecule has 3 aliphatic heterocycles. The van der Waals surface area contributed by atoms with Crippen molar-refractivity contribution in [2.24, 2.45) is 5.41 Å². The Morgan fingerprint density at radius 3 is 2.31 bits per heavy atom. The molecular formula is C55H42N2S. The molecule has 0 saturated heterocycles. The van der Waals surface area contributed by atoms with E-state index in [1.54, 1.807) is 0 Å². The molecule has 0 N–H and O–H groups in total. The van der Waals surface area contributed by atoms with E-state index in [9.17, 15) is 0 Å². The average Bonchev–Trinajstić information content (AvgIpc) is 3.86.